The second kappa shape index (κ2) is 4.11. The van der Waals surface area contributed by atoms with Crippen molar-refractivity contribution in [2.75, 3.05) is 0 Å². The largest absolute Gasteiger partial charge is 0.238 e. The van der Waals surface area contributed by atoms with E-state index in [1.165, 1.54) is 0 Å². The minimum absolute atomic E-state index is 0.102. The fraction of sp³-hybridized carbons (Fsp3) is 0.143. The monoisotopic (exact) mass is 265 g/mol. The molecule has 0 unspecified atom stereocenters. The van der Waals surface area contributed by atoms with E-state index >= 15 is 0 Å². The predicted octanol–water partition coefficient (Wildman–Crippen LogP) is -1.09. The Labute approximate surface area is 92.8 Å². The molecule has 1 radical (unpaired) electrons. The Morgan fingerprint density at radius 1 is 1.00 bits per heavy atom. The van der Waals surface area contributed by atoms with Crippen molar-refractivity contribution in [3.8, 4) is 0 Å². The molecule has 0 aromatic heterocycles. The molecular weight excluding hydrogens is 256 g/mol. The van der Waals surface area contributed by atoms with Crippen LogP contribution in [0.4, 0.5) is 0 Å². The van der Waals surface area contributed by atoms with Crippen LogP contribution < -0.4 is 10.3 Å². The Balaban J connectivity index is 3.58. The number of rotatable bonds is 3. The first kappa shape index (κ1) is 13.1. The van der Waals surface area contributed by atoms with Crippen LogP contribution in [0.1, 0.15) is 5.56 Å². The molecular formula is C7H9N2O5S2. The van der Waals surface area contributed by atoms with Crippen LogP contribution in [-0.2, 0) is 31.8 Å². The summed E-state index contributed by atoms with van der Waals surface area (Å²) in [5.41, 5.74) is -0.102. The Morgan fingerprint density at radius 3 is 1.94 bits per heavy atom. The third-order valence-electron chi connectivity index (χ3n) is 1.83. The lowest BCUT2D eigenvalue weighted by molar-refractivity contribution is 0.175. The first-order valence-corrected chi connectivity index (χ1v) is 7.02. The topological polar surface area (TPSA) is 140 Å². The SMILES string of the molecule is NS(=O)(=O)c1ccc(C[O])c(S(N)(=O)=O)c1. The van der Waals surface area contributed by atoms with Crippen molar-refractivity contribution in [2.45, 2.75) is 16.4 Å². The quantitative estimate of drug-likeness (QED) is 0.716. The molecule has 1 aromatic rings. The maximum atomic E-state index is 11.1. The summed E-state index contributed by atoms with van der Waals surface area (Å²) in [4.78, 5) is -0.928. The van der Waals surface area contributed by atoms with Crippen LogP contribution in [0.2, 0.25) is 0 Å². The highest BCUT2D eigenvalue weighted by molar-refractivity contribution is 7.90. The molecule has 0 heterocycles. The van der Waals surface area contributed by atoms with E-state index in [0.717, 1.165) is 18.2 Å². The summed E-state index contributed by atoms with van der Waals surface area (Å²) in [6, 6.07) is 2.90. The highest BCUT2D eigenvalue weighted by Crippen LogP contribution is 2.19. The van der Waals surface area contributed by atoms with Gasteiger partial charge in [-0.2, -0.15) is 0 Å². The Kier molecular flexibility index (Phi) is 3.35. The van der Waals surface area contributed by atoms with Crippen molar-refractivity contribution in [2.24, 2.45) is 10.3 Å². The lowest BCUT2D eigenvalue weighted by atomic mass is 10.2. The average molecular weight is 265 g/mol. The maximum absolute atomic E-state index is 11.1. The van der Waals surface area contributed by atoms with E-state index in [4.69, 9.17) is 10.3 Å². The van der Waals surface area contributed by atoms with Crippen molar-refractivity contribution in [3.05, 3.63) is 23.8 Å². The smallest absolute Gasteiger partial charge is 0.232 e. The molecule has 0 atom stereocenters. The van der Waals surface area contributed by atoms with Crippen molar-refractivity contribution in [3.63, 3.8) is 0 Å². The molecule has 0 spiro atoms. The van der Waals surface area contributed by atoms with Crippen LogP contribution in [0.15, 0.2) is 28.0 Å². The van der Waals surface area contributed by atoms with Gasteiger partial charge in [0, 0.05) is 5.56 Å². The number of benzene rings is 1. The van der Waals surface area contributed by atoms with E-state index in [-0.39, 0.29) is 5.56 Å². The average Bonchev–Trinajstić information content (AvgIpc) is 2.14. The van der Waals surface area contributed by atoms with Gasteiger partial charge in [0.25, 0.3) is 0 Å². The van der Waals surface area contributed by atoms with Gasteiger partial charge in [-0.05, 0) is 12.1 Å². The molecule has 0 amide bonds. The third kappa shape index (κ3) is 2.77. The van der Waals surface area contributed by atoms with Crippen LogP contribution in [0.25, 0.3) is 0 Å². The molecule has 16 heavy (non-hydrogen) atoms. The maximum Gasteiger partial charge on any atom is 0.238 e. The fourth-order valence-electron chi connectivity index (χ4n) is 1.10. The van der Waals surface area contributed by atoms with Gasteiger partial charge < -0.3 is 0 Å². The van der Waals surface area contributed by atoms with Gasteiger partial charge in [-0.3, -0.25) is 0 Å². The summed E-state index contributed by atoms with van der Waals surface area (Å²) < 4.78 is 44.1. The van der Waals surface area contributed by atoms with Crippen molar-refractivity contribution >= 4 is 20.0 Å². The number of hydrogen-bond acceptors (Lipinski definition) is 4. The molecule has 0 saturated heterocycles. The Hall–Kier alpha value is -1.00. The molecule has 0 aliphatic carbocycles. The minimum atomic E-state index is -4.15. The van der Waals surface area contributed by atoms with Crippen LogP contribution in [0, 0.1) is 0 Å². The molecule has 0 bridgehead atoms. The van der Waals surface area contributed by atoms with Crippen LogP contribution in [-0.4, -0.2) is 16.8 Å². The summed E-state index contributed by atoms with van der Waals surface area (Å²) in [5.74, 6) is 0. The summed E-state index contributed by atoms with van der Waals surface area (Å²) in [6.07, 6.45) is 0. The number of sulfonamides is 2. The zero-order chi connectivity index (χ0) is 12.6. The first-order valence-electron chi connectivity index (χ1n) is 3.93. The molecule has 7 nitrogen and oxygen atoms in total. The highest BCUT2D eigenvalue weighted by Gasteiger charge is 2.18. The van der Waals surface area contributed by atoms with Gasteiger partial charge in [0.2, 0.25) is 20.0 Å². The standard InChI is InChI=1S/C7H9N2O5S2/c8-15(11,12)6-2-1-5(4-10)7(3-6)16(9,13)14/h1-3H,4H2,(H2,8,11,12)(H2,9,13,14). The van der Waals surface area contributed by atoms with E-state index in [2.05, 4.69) is 0 Å². The summed E-state index contributed by atoms with van der Waals surface area (Å²) in [5, 5.41) is 20.3. The highest BCUT2D eigenvalue weighted by atomic mass is 32.2. The zero-order valence-electron chi connectivity index (χ0n) is 7.95. The summed E-state index contributed by atoms with van der Waals surface area (Å²) in [7, 11) is -8.18. The summed E-state index contributed by atoms with van der Waals surface area (Å²) >= 11 is 0. The lowest BCUT2D eigenvalue weighted by Gasteiger charge is -2.06. The molecule has 1 aromatic carbocycles. The van der Waals surface area contributed by atoms with E-state index in [1.54, 1.807) is 0 Å². The Morgan fingerprint density at radius 2 is 1.56 bits per heavy atom. The number of nitrogens with two attached hydrogens (primary N) is 2. The van der Waals surface area contributed by atoms with E-state index in [0.29, 0.717) is 0 Å². The van der Waals surface area contributed by atoms with Gasteiger partial charge in [0.15, 0.2) is 0 Å². The fourth-order valence-corrected chi connectivity index (χ4v) is 2.49. The molecule has 1 rings (SSSR count). The third-order valence-corrected chi connectivity index (χ3v) is 3.73. The predicted molar refractivity (Wildman–Crippen MR) is 53.6 cm³/mol. The van der Waals surface area contributed by atoms with Crippen LogP contribution >= 0.6 is 0 Å². The van der Waals surface area contributed by atoms with Gasteiger partial charge in [-0.15, -0.1) is 0 Å². The minimum Gasteiger partial charge on any atom is -0.232 e. The van der Waals surface area contributed by atoms with E-state index in [1.807, 2.05) is 0 Å². The molecule has 89 valence electrons. The van der Waals surface area contributed by atoms with Crippen LogP contribution in [0.5, 0.6) is 0 Å². The molecule has 9 heteroatoms. The number of hydrogen-bond donors (Lipinski definition) is 2. The Bertz CT molecular complexity index is 606. The zero-order valence-corrected chi connectivity index (χ0v) is 9.58. The second-order valence-corrected chi connectivity index (χ2v) is 6.10. The lowest BCUT2D eigenvalue weighted by Crippen LogP contribution is -2.17. The molecule has 0 fully saturated rings. The van der Waals surface area contributed by atoms with Crippen molar-refractivity contribution in [1.82, 2.24) is 0 Å². The normalized spacial score (nSPS) is 12.7. The van der Waals surface area contributed by atoms with Crippen LogP contribution in [0.3, 0.4) is 0 Å². The van der Waals surface area contributed by atoms with Gasteiger partial charge in [-0.25, -0.2) is 32.2 Å². The summed E-state index contributed by atoms with van der Waals surface area (Å²) in [6.45, 7) is -0.823. The van der Waals surface area contributed by atoms with Crippen molar-refractivity contribution < 1.29 is 21.9 Å². The van der Waals surface area contributed by atoms with E-state index < -0.39 is 36.4 Å². The van der Waals surface area contributed by atoms with Gasteiger partial charge >= 0.3 is 0 Å². The van der Waals surface area contributed by atoms with Crippen molar-refractivity contribution in [1.29, 1.82) is 0 Å². The van der Waals surface area contributed by atoms with E-state index in [9.17, 15) is 21.9 Å². The van der Waals surface area contributed by atoms with Gasteiger partial charge in [-0.1, -0.05) is 6.07 Å². The second-order valence-electron chi connectivity index (χ2n) is 3.00. The molecule has 0 aliphatic heterocycles. The molecule has 0 aliphatic rings. The first-order chi connectivity index (χ1) is 7.16. The van der Waals surface area contributed by atoms with Gasteiger partial charge in [0.05, 0.1) is 9.79 Å². The van der Waals surface area contributed by atoms with Gasteiger partial charge in [0.1, 0.15) is 6.61 Å². The number of primary sulfonamides is 2. The molecule has 0 saturated carbocycles. The molecule has 4 N–H and O–H groups in total.